The van der Waals surface area contributed by atoms with Crippen LogP contribution in [0, 0.1) is 0 Å². The lowest BCUT2D eigenvalue weighted by Gasteiger charge is -2.14. The van der Waals surface area contributed by atoms with Crippen molar-refractivity contribution < 1.29 is 18.9 Å². The Labute approximate surface area is 171 Å². The van der Waals surface area contributed by atoms with Crippen LogP contribution in [-0.4, -0.2) is 31.9 Å². The van der Waals surface area contributed by atoms with Crippen LogP contribution in [0.4, 0.5) is 5.82 Å². The Morgan fingerprint density at radius 3 is 2.14 bits per heavy atom. The van der Waals surface area contributed by atoms with E-state index in [0.717, 1.165) is 17.1 Å². The first kappa shape index (κ1) is 20.3. The quantitative estimate of drug-likeness (QED) is 0.481. The van der Waals surface area contributed by atoms with Gasteiger partial charge in [-0.3, -0.25) is 0 Å². The predicted molar refractivity (Wildman–Crippen MR) is 113 cm³/mol. The largest absolute Gasteiger partial charge is 0.493 e. The Kier molecular flexibility index (Phi) is 7.57. The van der Waals surface area contributed by atoms with E-state index in [1.807, 2.05) is 67.6 Å². The van der Waals surface area contributed by atoms with Crippen LogP contribution < -0.4 is 24.3 Å². The summed E-state index contributed by atoms with van der Waals surface area (Å²) < 4.78 is 22.7. The lowest BCUT2D eigenvalue weighted by atomic mass is 10.2. The van der Waals surface area contributed by atoms with E-state index >= 15 is 0 Å². The fraction of sp³-hybridized carbons (Fsp3) is 0.261. The number of methoxy groups -OCH3 is 1. The first-order valence-electron chi connectivity index (χ1n) is 9.59. The van der Waals surface area contributed by atoms with Gasteiger partial charge in [-0.2, -0.15) is 0 Å². The van der Waals surface area contributed by atoms with E-state index in [0.29, 0.717) is 43.6 Å². The minimum absolute atomic E-state index is 0.391. The highest BCUT2D eigenvalue weighted by molar-refractivity contribution is 5.44. The van der Waals surface area contributed by atoms with Crippen molar-refractivity contribution in [3.05, 3.63) is 72.4 Å². The van der Waals surface area contributed by atoms with Crippen molar-refractivity contribution in [3.63, 3.8) is 0 Å². The van der Waals surface area contributed by atoms with Crippen LogP contribution in [-0.2, 0) is 6.54 Å². The number of aromatic nitrogens is 1. The molecule has 0 aliphatic carbocycles. The molecule has 6 heteroatoms. The van der Waals surface area contributed by atoms with Crippen LogP contribution in [0.2, 0.25) is 0 Å². The maximum Gasteiger partial charge on any atom is 0.161 e. The summed E-state index contributed by atoms with van der Waals surface area (Å²) in [7, 11) is 1.63. The Hall–Kier alpha value is -3.41. The molecule has 29 heavy (non-hydrogen) atoms. The molecule has 0 radical (unpaired) electrons. The van der Waals surface area contributed by atoms with Gasteiger partial charge in [-0.25, -0.2) is 4.98 Å². The Balaban J connectivity index is 1.52. The summed E-state index contributed by atoms with van der Waals surface area (Å²) in [5.41, 5.74) is 1.07. The van der Waals surface area contributed by atoms with Crippen LogP contribution in [0.5, 0.6) is 23.0 Å². The summed E-state index contributed by atoms with van der Waals surface area (Å²) >= 11 is 0. The van der Waals surface area contributed by atoms with Crippen molar-refractivity contribution >= 4 is 5.82 Å². The van der Waals surface area contributed by atoms with Gasteiger partial charge in [0.05, 0.1) is 13.7 Å². The zero-order valence-electron chi connectivity index (χ0n) is 16.8. The highest BCUT2D eigenvalue weighted by Crippen LogP contribution is 2.29. The van der Waals surface area contributed by atoms with E-state index in [-0.39, 0.29) is 0 Å². The van der Waals surface area contributed by atoms with Crippen LogP contribution >= 0.6 is 0 Å². The van der Waals surface area contributed by atoms with Crippen LogP contribution in [0.25, 0.3) is 0 Å². The standard InChI is InChI=1S/C23H26N2O4/c1-3-27-19-8-4-5-9-20(19)28-14-15-29-21-12-11-18(16-22(21)26-2)17-25-23-10-6-7-13-24-23/h4-13,16H,3,14-15,17H2,1-2H3,(H,24,25). The number of nitrogens with one attached hydrogen (secondary N) is 1. The molecule has 0 spiro atoms. The molecule has 0 aliphatic heterocycles. The highest BCUT2D eigenvalue weighted by Gasteiger charge is 2.07. The number of anilines is 1. The zero-order valence-corrected chi connectivity index (χ0v) is 16.8. The Morgan fingerprint density at radius 1 is 0.793 bits per heavy atom. The summed E-state index contributed by atoms with van der Waals surface area (Å²) in [4.78, 5) is 4.26. The molecule has 0 saturated carbocycles. The van der Waals surface area contributed by atoms with Gasteiger partial charge in [0.15, 0.2) is 23.0 Å². The molecule has 2 aromatic carbocycles. The van der Waals surface area contributed by atoms with Gasteiger partial charge in [0.25, 0.3) is 0 Å². The number of hydrogen-bond donors (Lipinski definition) is 1. The molecule has 3 aromatic rings. The molecule has 3 rings (SSSR count). The monoisotopic (exact) mass is 394 g/mol. The number of para-hydroxylation sites is 2. The van der Waals surface area contributed by atoms with E-state index in [9.17, 15) is 0 Å². The number of nitrogens with zero attached hydrogens (tertiary/aromatic N) is 1. The van der Waals surface area contributed by atoms with Crippen molar-refractivity contribution in [2.45, 2.75) is 13.5 Å². The lowest BCUT2D eigenvalue weighted by molar-refractivity contribution is 0.203. The molecule has 1 aromatic heterocycles. The van der Waals surface area contributed by atoms with E-state index in [1.54, 1.807) is 13.3 Å². The van der Waals surface area contributed by atoms with E-state index in [1.165, 1.54) is 0 Å². The van der Waals surface area contributed by atoms with Crippen LogP contribution in [0.3, 0.4) is 0 Å². The fourth-order valence-corrected chi connectivity index (χ4v) is 2.75. The summed E-state index contributed by atoms with van der Waals surface area (Å²) in [5, 5.41) is 3.28. The molecule has 0 fully saturated rings. The van der Waals surface area contributed by atoms with Gasteiger partial charge in [-0.05, 0) is 48.9 Å². The van der Waals surface area contributed by atoms with Gasteiger partial charge < -0.3 is 24.3 Å². The molecule has 0 bridgehead atoms. The Morgan fingerprint density at radius 2 is 1.48 bits per heavy atom. The third-order valence-corrected chi connectivity index (χ3v) is 4.11. The van der Waals surface area contributed by atoms with E-state index < -0.39 is 0 Å². The lowest BCUT2D eigenvalue weighted by Crippen LogP contribution is -2.10. The maximum atomic E-state index is 5.84. The fourth-order valence-electron chi connectivity index (χ4n) is 2.75. The Bertz CT molecular complexity index is 887. The van der Waals surface area contributed by atoms with Crippen LogP contribution in [0.15, 0.2) is 66.9 Å². The molecule has 152 valence electrons. The molecule has 6 nitrogen and oxygen atoms in total. The molecule has 0 unspecified atom stereocenters. The van der Waals surface area contributed by atoms with E-state index in [4.69, 9.17) is 18.9 Å². The summed E-state index contributed by atoms with van der Waals surface area (Å²) in [6, 6.07) is 19.2. The molecule has 1 heterocycles. The van der Waals surface area contributed by atoms with Crippen molar-refractivity contribution in [2.24, 2.45) is 0 Å². The zero-order chi connectivity index (χ0) is 20.3. The van der Waals surface area contributed by atoms with Crippen molar-refractivity contribution in [1.29, 1.82) is 0 Å². The first-order valence-corrected chi connectivity index (χ1v) is 9.59. The number of hydrogen-bond acceptors (Lipinski definition) is 6. The molecule has 0 saturated heterocycles. The molecular formula is C23H26N2O4. The number of ether oxygens (including phenoxy) is 4. The molecule has 0 amide bonds. The van der Waals surface area contributed by atoms with Crippen molar-refractivity contribution in [2.75, 3.05) is 32.2 Å². The third-order valence-electron chi connectivity index (χ3n) is 4.11. The van der Waals surface area contributed by atoms with Crippen molar-refractivity contribution in [1.82, 2.24) is 4.98 Å². The molecule has 0 atom stereocenters. The summed E-state index contributed by atoms with van der Waals surface area (Å²) in [5.74, 6) is 3.63. The average Bonchev–Trinajstić information content (AvgIpc) is 2.77. The molecular weight excluding hydrogens is 368 g/mol. The summed E-state index contributed by atoms with van der Waals surface area (Å²) in [6.45, 7) is 3.97. The number of benzene rings is 2. The predicted octanol–water partition coefficient (Wildman–Crippen LogP) is 4.56. The topological polar surface area (TPSA) is 61.8 Å². The smallest absolute Gasteiger partial charge is 0.161 e. The van der Waals surface area contributed by atoms with Crippen molar-refractivity contribution in [3.8, 4) is 23.0 Å². The van der Waals surface area contributed by atoms with Gasteiger partial charge in [0.2, 0.25) is 0 Å². The second kappa shape index (κ2) is 10.8. The second-order valence-electron chi connectivity index (χ2n) is 6.13. The van der Waals surface area contributed by atoms with Gasteiger partial charge in [-0.15, -0.1) is 0 Å². The number of pyridine rings is 1. The second-order valence-corrected chi connectivity index (χ2v) is 6.13. The van der Waals surface area contributed by atoms with Crippen LogP contribution in [0.1, 0.15) is 12.5 Å². The minimum atomic E-state index is 0.391. The normalized spacial score (nSPS) is 10.3. The van der Waals surface area contributed by atoms with Gasteiger partial charge >= 0.3 is 0 Å². The minimum Gasteiger partial charge on any atom is -0.493 e. The summed E-state index contributed by atoms with van der Waals surface area (Å²) in [6.07, 6.45) is 1.76. The van der Waals surface area contributed by atoms with E-state index in [2.05, 4.69) is 10.3 Å². The first-order chi connectivity index (χ1) is 14.3. The highest BCUT2D eigenvalue weighted by atomic mass is 16.5. The third kappa shape index (κ3) is 6.04. The van der Waals surface area contributed by atoms with Gasteiger partial charge in [-0.1, -0.05) is 24.3 Å². The molecule has 0 aliphatic rings. The number of rotatable bonds is 11. The maximum absolute atomic E-state index is 5.84. The van der Waals surface area contributed by atoms with Gasteiger partial charge in [0.1, 0.15) is 19.0 Å². The molecule has 1 N–H and O–H groups in total. The average molecular weight is 394 g/mol. The van der Waals surface area contributed by atoms with Gasteiger partial charge in [0, 0.05) is 12.7 Å². The SMILES string of the molecule is CCOc1ccccc1OCCOc1ccc(CNc2ccccn2)cc1OC.